The van der Waals surface area contributed by atoms with Gasteiger partial charge < -0.3 is 14.8 Å². The van der Waals surface area contributed by atoms with Crippen LogP contribution in [-0.2, 0) is 20.7 Å². The number of carbonyl (C=O) groups excluding carboxylic acids is 1. The van der Waals surface area contributed by atoms with Gasteiger partial charge in [-0.1, -0.05) is 30.3 Å². The highest BCUT2D eigenvalue weighted by Crippen LogP contribution is 2.41. The number of hydrogen-bond acceptors (Lipinski definition) is 4. The van der Waals surface area contributed by atoms with Crippen molar-refractivity contribution in [2.75, 3.05) is 7.11 Å². The zero-order chi connectivity index (χ0) is 20.6. The summed E-state index contributed by atoms with van der Waals surface area (Å²) >= 11 is 2.20. The van der Waals surface area contributed by atoms with E-state index in [0.717, 1.165) is 25.6 Å². The van der Waals surface area contributed by atoms with E-state index >= 15 is 0 Å². The van der Waals surface area contributed by atoms with E-state index in [1.54, 1.807) is 0 Å². The number of carboxylic acids is 1. The van der Waals surface area contributed by atoms with E-state index in [1.165, 1.54) is 7.11 Å². The number of hydrogen-bond donors (Lipinski definition) is 3. The molecule has 0 radical (unpaired) electrons. The topological polar surface area (TPSA) is 91.4 Å². The number of aromatic amines is 1. The molecule has 2 aromatic carbocycles. The number of H-pyrrole nitrogens is 1. The van der Waals surface area contributed by atoms with Crippen LogP contribution in [0, 0.1) is 9.49 Å². The molecule has 1 fully saturated rings. The van der Waals surface area contributed by atoms with Gasteiger partial charge in [-0.25, -0.2) is 0 Å². The van der Waals surface area contributed by atoms with E-state index < -0.39 is 29.4 Å². The van der Waals surface area contributed by atoms with Gasteiger partial charge in [0.05, 0.1) is 13.0 Å². The van der Waals surface area contributed by atoms with Gasteiger partial charge in [-0.05, 0) is 58.3 Å². The smallest absolute Gasteiger partial charge is 0.326 e. The normalized spacial score (nSPS) is 23.9. The summed E-state index contributed by atoms with van der Waals surface area (Å²) in [4.78, 5) is 28.2. The second-order valence-electron chi connectivity index (χ2n) is 7.44. The molecule has 4 rings (SSSR count). The van der Waals surface area contributed by atoms with Crippen molar-refractivity contribution >= 4 is 45.4 Å². The average molecular weight is 504 g/mol. The van der Waals surface area contributed by atoms with Gasteiger partial charge in [0.1, 0.15) is 5.54 Å². The minimum atomic E-state index is -1.12. The van der Waals surface area contributed by atoms with Crippen LogP contribution in [0.15, 0.2) is 54.7 Å². The Bertz CT molecular complexity index is 1080. The number of aliphatic carboxylic acids is 1. The number of para-hydroxylation sites is 1. The number of methoxy groups -OCH3 is 1. The maximum Gasteiger partial charge on any atom is 0.326 e. The molecular formula is C22H21IN2O4. The molecule has 2 heterocycles. The van der Waals surface area contributed by atoms with Crippen LogP contribution in [0.2, 0.25) is 0 Å². The Morgan fingerprint density at radius 1 is 1.24 bits per heavy atom. The lowest BCUT2D eigenvalue weighted by Gasteiger charge is -2.27. The van der Waals surface area contributed by atoms with Crippen LogP contribution < -0.4 is 5.32 Å². The highest BCUT2D eigenvalue weighted by atomic mass is 127. The van der Waals surface area contributed by atoms with Crippen molar-refractivity contribution in [1.29, 1.82) is 0 Å². The number of esters is 1. The van der Waals surface area contributed by atoms with E-state index in [2.05, 4.69) is 32.9 Å². The molecule has 1 saturated heterocycles. The third-order valence-electron chi connectivity index (χ3n) is 5.67. The molecule has 0 bridgehead atoms. The second kappa shape index (κ2) is 7.79. The Morgan fingerprint density at radius 2 is 2.03 bits per heavy atom. The summed E-state index contributed by atoms with van der Waals surface area (Å²) in [6.45, 7) is 0. The molecule has 0 saturated carbocycles. The quantitative estimate of drug-likeness (QED) is 0.365. The molecule has 7 heteroatoms. The molecule has 1 aliphatic heterocycles. The van der Waals surface area contributed by atoms with E-state index in [-0.39, 0.29) is 6.42 Å². The number of rotatable bonds is 5. The number of benzene rings is 2. The van der Waals surface area contributed by atoms with Crippen LogP contribution in [0.25, 0.3) is 10.9 Å². The first kappa shape index (κ1) is 19.9. The zero-order valence-electron chi connectivity index (χ0n) is 15.8. The summed E-state index contributed by atoms with van der Waals surface area (Å²) in [6.07, 6.45) is 2.38. The van der Waals surface area contributed by atoms with Crippen LogP contribution in [-0.4, -0.2) is 34.7 Å². The summed E-state index contributed by atoms with van der Waals surface area (Å²) in [7, 11) is 1.34. The van der Waals surface area contributed by atoms with Crippen LogP contribution in [0.1, 0.15) is 23.6 Å². The summed E-state index contributed by atoms with van der Waals surface area (Å²) < 4.78 is 6.14. The van der Waals surface area contributed by atoms with Crippen LogP contribution >= 0.6 is 22.6 Å². The lowest BCUT2D eigenvalue weighted by molar-refractivity contribution is -0.148. The molecule has 0 aliphatic carbocycles. The molecule has 3 N–H and O–H groups in total. The molecule has 1 aromatic heterocycles. The maximum absolute atomic E-state index is 12.9. The Hall–Kier alpha value is -2.39. The van der Waals surface area contributed by atoms with E-state index in [1.807, 2.05) is 54.7 Å². The van der Waals surface area contributed by atoms with Crippen molar-refractivity contribution in [2.24, 2.45) is 5.92 Å². The van der Waals surface area contributed by atoms with Crippen molar-refractivity contribution in [3.8, 4) is 0 Å². The molecule has 1 unspecified atom stereocenters. The monoisotopic (exact) mass is 504 g/mol. The Morgan fingerprint density at radius 3 is 2.76 bits per heavy atom. The fourth-order valence-corrected chi connectivity index (χ4v) is 4.90. The van der Waals surface area contributed by atoms with Gasteiger partial charge in [0, 0.05) is 33.1 Å². The predicted molar refractivity (Wildman–Crippen MR) is 118 cm³/mol. The first-order valence-corrected chi connectivity index (χ1v) is 10.4. The van der Waals surface area contributed by atoms with Gasteiger partial charge in [-0.3, -0.25) is 14.9 Å². The molecule has 3 aromatic rings. The number of nitrogens with one attached hydrogen (secondary N) is 2. The van der Waals surface area contributed by atoms with Crippen molar-refractivity contribution in [3.63, 3.8) is 0 Å². The Kier molecular flexibility index (Phi) is 5.35. The zero-order valence-corrected chi connectivity index (χ0v) is 18.0. The van der Waals surface area contributed by atoms with Gasteiger partial charge >= 0.3 is 11.9 Å². The third kappa shape index (κ3) is 3.64. The molecule has 29 heavy (non-hydrogen) atoms. The lowest BCUT2D eigenvalue weighted by atomic mass is 9.85. The number of fused-ring (bicyclic) bond motifs is 1. The molecule has 0 spiro atoms. The molecule has 6 nitrogen and oxygen atoms in total. The summed E-state index contributed by atoms with van der Waals surface area (Å²) in [5.41, 5.74) is 1.67. The summed E-state index contributed by atoms with van der Waals surface area (Å²) in [6, 6.07) is 15.1. The van der Waals surface area contributed by atoms with Gasteiger partial charge in [0.25, 0.3) is 0 Å². The first-order chi connectivity index (χ1) is 13.9. The highest BCUT2D eigenvalue weighted by molar-refractivity contribution is 14.1. The number of carbonyl (C=O) groups is 2. The van der Waals surface area contributed by atoms with E-state index in [4.69, 9.17) is 4.74 Å². The third-order valence-corrected chi connectivity index (χ3v) is 6.34. The SMILES string of the molecule is COC(=O)[C@@]1(Cc2c[nH]c3ccccc23)CC(C(=O)O)[C@@H](c2cccc(I)c2)N1. The van der Waals surface area contributed by atoms with Crippen LogP contribution in [0.5, 0.6) is 0 Å². The van der Waals surface area contributed by atoms with Crippen molar-refractivity contribution in [2.45, 2.75) is 24.4 Å². The largest absolute Gasteiger partial charge is 0.481 e. The molecular weight excluding hydrogens is 483 g/mol. The number of carboxylic acid groups (broad SMARTS) is 1. The average Bonchev–Trinajstić information content (AvgIpc) is 3.31. The molecule has 150 valence electrons. The van der Waals surface area contributed by atoms with Crippen molar-refractivity contribution < 1.29 is 19.4 Å². The van der Waals surface area contributed by atoms with Gasteiger partial charge in [0.15, 0.2) is 0 Å². The lowest BCUT2D eigenvalue weighted by Crippen LogP contribution is -2.50. The molecule has 0 amide bonds. The minimum absolute atomic E-state index is 0.157. The van der Waals surface area contributed by atoms with E-state index in [0.29, 0.717) is 6.42 Å². The Labute approximate surface area is 181 Å². The maximum atomic E-state index is 12.9. The van der Waals surface area contributed by atoms with E-state index in [9.17, 15) is 14.7 Å². The number of aromatic nitrogens is 1. The van der Waals surface area contributed by atoms with Gasteiger partial charge in [-0.15, -0.1) is 0 Å². The van der Waals surface area contributed by atoms with Crippen LogP contribution in [0.4, 0.5) is 0 Å². The number of ether oxygens (including phenoxy) is 1. The number of halogens is 1. The summed E-state index contributed by atoms with van der Waals surface area (Å²) in [5.74, 6) is -2.11. The highest BCUT2D eigenvalue weighted by Gasteiger charge is 2.53. The molecule has 3 atom stereocenters. The Balaban J connectivity index is 1.76. The van der Waals surface area contributed by atoms with Gasteiger partial charge in [0.2, 0.25) is 0 Å². The second-order valence-corrected chi connectivity index (χ2v) is 8.68. The standard InChI is InChI=1S/C22H21IN2O4/c1-29-21(28)22(10-14-12-24-18-8-3-2-7-16(14)18)11-17(20(26)27)19(25-22)13-5-4-6-15(23)9-13/h2-9,12,17,19,24-25H,10-11H2,1H3,(H,26,27)/t17?,19-,22-/m1/s1. The summed E-state index contributed by atoms with van der Waals surface area (Å²) in [5, 5.41) is 14.3. The van der Waals surface area contributed by atoms with Crippen LogP contribution in [0.3, 0.4) is 0 Å². The minimum Gasteiger partial charge on any atom is -0.481 e. The van der Waals surface area contributed by atoms with Crippen molar-refractivity contribution in [1.82, 2.24) is 10.3 Å². The fourth-order valence-electron chi connectivity index (χ4n) is 4.33. The van der Waals surface area contributed by atoms with Crippen molar-refractivity contribution in [3.05, 3.63) is 69.4 Å². The fraction of sp³-hybridized carbons (Fsp3) is 0.273. The first-order valence-electron chi connectivity index (χ1n) is 9.33. The molecule has 1 aliphatic rings. The predicted octanol–water partition coefficient (Wildman–Crippen LogP) is 3.66. The van der Waals surface area contributed by atoms with Gasteiger partial charge in [-0.2, -0.15) is 0 Å².